The second-order valence-corrected chi connectivity index (χ2v) is 3.01. The van der Waals surface area contributed by atoms with E-state index in [1.165, 1.54) is 13.3 Å². The highest BCUT2D eigenvalue weighted by Gasteiger charge is 2.20. The Balaban J connectivity index is 2.52. The van der Waals surface area contributed by atoms with E-state index in [4.69, 9.17) is 4.74 Å². The Morgan fingerprint density at radius 1 is 1.50 bits per heavy atom. The third kappa shape index (κ3) is 3.55. The van der Waals surface area contributed by atoms with E-state index in [1.807, 2.05) is 0 Å². The molecule has 0 aromatic carbocycles. The maximum Gasteiger partial charge on any atom is 0.262 e. The van der Waals surface area contributed by atoms with Crippen molar-refractivity contribution in [2.45, 2.75) is 12.8 Å². The van der Waals surface area contributed by atoms with Crippen LogP contribution in [-0.2, 0) is 0 Å². The number of alkyl halides is 2. The van der Waals surface area contributed by atoms with Crippen LogP contribution in [0.4, 0.5) is 14.6 Å². The summed E-state index contributed by atoms with van der Waals surface area (Å²) < 4.78 is 29.8. The summed E-state index contributed by atoms with van der Waals surface area (Å²) in [6, 6.07) is 3.24. The fraction of sp³-hybridized carbons (Fsp3) is 0.444. The molecule has 0 saturated heterocycles. The van der Waals surface area contributed by atoms with E-state index in [1.54, 1.807) is 12.1 Å². The van der Waals surface area contributed by atoms with Crippen LogP contribution in [0, 0.1) is 0 Å². The summed E-state index contributed by atoms with van der Waals surface area (Å²) in [5.41, 5.74) is 0. The molecule has 0 bridgehead atoms. The number of rotatable bonds is 4. The first-order valence-electron chi connectivity index (χ1n) is 4.13. The average Bonchev–Trinajstić information content (AvgIpc) is 2.14. The minimum atomic E-state index is -2.73. The van der Waals surface area contributed by atoms with E-state index >= 15 is 0 Å². The second kappa shape index (κ2) is 4.21. The molecule has 0 unspecified atom stereocenters. The molecule has 5 heteroatoms. The third-order valence-corrected chi connectivity index (χ3v) is 1.55. The summed E-state index contributed by atoms with van der Waals surface area (Å²) in [5, 5.41) is 2.52. The van der Waals surface area contributed by atoms with Crippen LogP contribution >= 0.6 is 0 Å². The maximum atomic E-state index is 12.4. The van der Waals surface area contributed by atoms with Gasteiger partial charge in [0.25, 0.3) is 5.92 Å². The number of halogens is 2. The van der Waals surface area contributed by atoms with Crippen LogP contribution in [0.3, 0.4) is 0 Å². The Labute approximate surface area is 81.1 Å². The Bertz CT molecular complexity index is 282. The fourth-order valence-corrected chi connectivity index (χ4v) is 0.851. The maximum absolute atomic E-state index is 12.4. The largest absolute Gasteiger partial charge is 0.495 e. The number of aromatic nitrogens is 1. The van der Waals surface area contributed by atoms with Crippen molar-refractivity contribution in [3.63, 3.8) is 0 Å². The number of methoxy groups -OCH3 is 1. The predicted molar refractivity (Wildman–Crippen MR) is 49.9 cm³/mol. The van der Waals surface area contributed by atoms with Gasteiger partial charge < -0.3 is 10.1 Å². The normalized spacial score (nSPS) is 11.1. The van der Waals surface area contributed by atoms with E-state index < -0.39 is 12.5 Å². The predicted octanol–water partition coefficient (Wildman–Crippen LogP) is 2.16. The van der Waals surface area contributed by atoms with E-state index in [0.29, 0.717) is 11.6 Å². The SMILES string of the molecule is COc1ccc(NCC(C)(F)F)nc1. The van der Waals surface area contributed by atoms with Crippen molar-refractivity contribution in [1.82, 2.24) is 4.98 Å². The molecule has 0 spiro atoms. The zero-order valence-corrected chi connectivity index (χ0v) is 8.05. The monoisotopic (exact) mass is 202 g/mol. The summed E-state index contributed by atoms with van der Waals surface area (Å²) in [5.74, 6) is -1.73. The molecule has 1 aromatic rings. The highest BCUT2D eigenvalue weighted by Crippen LogP contribution is 2.14. The van der Waals surface area contributed by atoms with Crippen molar-refractivity contribution in [2.24, 2.45) is 0 Å². The van der Waals surface area contributed by atoms with Gasteiger partial charge in [0.1, 0.15) is 11.6 Å². The van der Waals surface area contributed by atoms with Crippen molar-refractivity contribution >= 4 is 5.82 Å². The quantitative estimate of drug-likeness (QED) is 0.812. The molecule has 0 aliphatic carbocycles. The van der Waals surface area contributed by atoms with E-state index in [0.717, 1.165) is 6.92 Å². The number of ether oxygens (including phenoxy) is 1. The number of hydrogen-bond donors (Lipinski definition) is 1. The van der Waals surface area contributed by atoms with Gasteiger partial charge in [-0.05, 0) is 12.1 Å². The fourth-order valence-electron chi connectivity index (χ4n) is 0.851. The number of nitrogens with zero attached hydrogens (tertiary/aromatic N) is 1. The molecule has 0 aliphatic heterocycles. The molecular weight excluding hydrogens is 190 g/mol. The van der Waals surface area contributed by atoms with Crippen LogP contribution < -0.4 is 10.1 Å². The summed E-state index contributed by atoms with van der Waals surface area (Å²) >= 11 is 0. The number of hydrogen-bond acceptors (Lipinski definition) is 3. The first-order valence-corrected chi connectivity index (χ1v) is 4.13. The van der Waals surface area contributed by atoms with Crippen molar-refractivity contribution in [3.05, 3.63) is 18.3 Å². The minimum absolute atomic E-state index is 0.410. The molecule has 14 heavy (non-hydrogen) atoms. The Kier molecular flexibility index (Phi) is 3.22. The van der Waals surface area contributed by atoms with Gasteiger partial charge in [0.15, 0.2) is 0 Å². The molecular formula is C9H12F2N2O. The minimum Gasteiger partial charge on any atom is -0.495 e. The van der Waals surface area contributed by atoms with Gasteiger partial charge in [-0.3, -0.25) is 0 Å². The molecule has 0 amide bonds. The lowest BCUT2D eigenvalue weighted by Gasteiger charge is -2.11. The van der Waals surface area contributed by atoms with E-state index in [2.05, 4.69) is 10.3 Å². The molecule has 0 radical (unpaired) electrons. The van der Waals surface area contributed by atoms with Crippen molar-refractivity contribution in [2.75, 3.05) is 19.0 Å². The molecule has 1 rings (SSSR count). The third-order valence-electron chi connectivity index (χ3n) is 1.55. The molecule has 0 atom stereocenters. The van der Waals surface area contributed by atoms with Crippen LogP contribution in [0.25, 0.3) is 0 Å². The molecule has 0 fully saturated rings. The van der Waals surface area contributed by atoms with Crippen LogP contribution in [0.15, 0.2) is 18.3 Å². The number of pyridine rings is 1. The Morgan fingerprint density at radius 3 is 2.64 bits per heavy atom. The van der Waals surface area contributed by atoms with Crippen molar-refractivity contribution in [3.8, 4) is 5.75 Å². The molecule has 1 aromatic heterocycles. The zero-order valence-electron chi connectivity index (χ0n) is 8.05. The van der Waals surface area contributed by atoms with Crippen LogP contribution in [0.5, 0.6) is 5.75 Å². The summed E-state index contributed by atoms with van der Waals surface area (Å²) in [6.07, 6.45) is 1.47. The van der Waals surface area contributed by atoms with Gasteiger partial charge in [-0.2, -0.15) is 0 Å². The van der Waals surface area contributed by atoms with E-state index in [-0.39, 0.29) is 0 Å². The molecule has 0 saturated carbocycles. The van der Waals surface area contributed by atoms with Gasteiger partial charge in [-0.25, -0.2) is 13.8 Å². The lowest BCUT2D eigenvalue weighted by Crippen LogP contribution is -2.23. The van der Waals surface area contributed by atoms with Gasteiger partial charge in [-0.1, -0.05) is 0 Å². The van der Waals surface area contributed by atoms with Crippen molar-refractivity contribution < 1.29 is 13.5 Å². The summed E-state index contributed by atoms with van der Waals surface area (Å²) in [6.45, 7) is 0.426. The lowest BCUT2D eigenvalue weighted by molar-refractivity contribution is 0.0367. The van der Waals surface area contributed by atoms with Gasteiger partial charge in [0, 0.05) is 6.92 Å². The standard InChI is InChI=1S/C9H12F2N2O/c1-9(10,11)6-13-8-4-3-7(14-2)5-12-8/h3-5H,6H2,1-2H3,(H,12,13). The highest BCUT2D eigenvalue weighted by atomic mass is 19.3. The van der Waals surface area contributed by atoms with E-state index in [9.17, 15) is 8.78 Å². The summed E-state index contributed by atoms with van der Waals surface area (Å²) in [4.78, 5) is 3.88. The second-order valence-electron chi connectivity index (χ2n) is 3.01. The van der Waals surface area contributed by atoms with Gasteiger partial charge in [0.2, 0.25) is 0 Å². The molecule has 0 aliphatic rings. The Hall–Kier alpha value is -1.39. The van der Waals surface area contributed by atoms with Crippen molar-refractivity contribution in [1.29, 1.82) is 0 Å². The first kappa shape index (κ1) is 10.7. The van der Waals surface area contributed by atoms with Crippen LogP contribution in [-0.4, -0.2) is 24.6 Å². The average molecular weight is 202 g/mol. The highest BCUT2D eigenvalue weighted by molar-refractivity contribution is 5.37. The van der Waals surface area contributed by atoms with Crippen LogP contribution in [0.2, 0.25) is 0 Å². The molecule has 1 heterocycles. The molecule has 1 N–H and O–H groups in total. The smallest absolute Gasteiger partial charge is 0.262 e. The van der Waals surface area contributed by atoms with Crippen LogP contribution in [0.1, 0.15) is 6.92 Å². The molecule has 3 nitrogen and oxygen atoms in total. The Morgan fingerprint density at radius 2 is 2.21 bits per heavy atom. The number of nitrogens with one attached hydrogen (secondary N) is 1. The van der Waals surface area contributed by atoms with Gasteiger partial charge in [0.05, 0.1) is 19.9 Å². The lowest BCUT2D eigenvalue weighted by atomic mass is 10.3. The summed E-state index contributed by atoms with van der Waals surface area (Å²) in [7, 11) is 1.52. The zero-order chi connectivity index (χ0) is 10.6. The van der Waals surface area contributed by atoms with Gasteiger partial charge in [-0.15, -0.1) is 0 Å². The first-order chi connectivity index (χ1) is 6.51. The number of anilines is 1. The topological polar surface area (TPSA) is 34.1 Å². The van der Waals surface area contributed by atoms with Gasteiger partial charge >= 0.3 is 0 Å². The molecule has 78 valence electrons.